The molecule has 24 heavy (non-hydrogen) atoms. The highest BCUT2D eigenvalue weighted by Gasteiger charge is 2.14. The largest absolute Gasteiger partial charge is 0.497 e. The van der Waals surface area contributed by atoms with Crippen molar-refractivity contribution in [1.29, 1.82) is 0 Å². The SMILES string of the molecule is COc1ccc2cc(CN(C)C(=O)c3cccnc3)c(=O)[nH]c2c1. The fraction of sp³-hybridized carbons (Fsp3) is 0.167. The number of aromatic nitrogens is 2. The Labute approximate surface area is 138 Å². The molecule has 0 saturated heterocycles. The van der Waals surface area contributed by atoms with Crippen molar-refractivity contribution in [3.8, 4) is 5.75 Å². The fourth-order valence-electron chi connectivity index (χ4n) is 2.51. The molecule has 0 bridgehead atoms. The van der Waals surface area contributed by atoms with Crippen molar-refractivity contribution in [2.75, 3.05) is 14.2 Å². The van der Waals surface area contributed by atoms with Crippen molar-refractivity contribution >= 4 is 16.8 Å². The summed E-state index contributed by atoms with van der Waals surface area (Å²) in [5, 5.41) is 0.882. The van der Waals surface area contributed by atoms with Crippen molar-refractivity contribution in [3.05, 3.63) is 70.3 Å². The van der Waals surface area contributed by atoms with E-state index in [0.29, 0.717) is 22.4 Å². The Bertz CT molecular complexity index is 935. The van der Waals surface area contributed by atoms with Gasteiger partial charge in [-0.25, -0.2) is 0 Å². The molecule has 2 aromatic heterocycles. The number of rotatable bonds is 4. The summed E-state index contributed by atoms with van der Waals surface area (Å²) in [4.78, 5) is 32.9. The van der Waals surface area contributed by atoms with E-state index in [9.17, 15) is 9.59 Å². The minimum absolute atomic E-state index is 0.183. The molecule has 1 amide bonds. The standard InChI is InChI=1S/C18H17N3O3/c1-21(18(23)13-4-3-7-19-10-13)11-14-8-12-5-6-15(24-2)9-16(12)20-17(14)22/h3-10H,11H2,1-2H3,(H,20,22). The summed E-state index contributed by atoms with van der Waals surface area (Å²) in [6.07, 6.45) is 3.12. The van der Waals surface area contributed by atoms with Gasteiger partial charge in [-0.1, -0.05) is 0 Å². The number of amides is 1. The zero-order chi connectivity index (χ0) is 17.1. The Balaban J connectivity index is 1.88. The number of aromatic amines is 1. The van der Waals surface area contributed by atoms with E-state index in [1.54, 1.807) is 44.6 Å². The average Bonchev–Trinajstić information content (AvgIpc) is 2.62. The lowest BCUT2D eigenvalue weighted by Gasteiger charge is -2.17. The second kappa shape index (κ2) is 6.54. The smallest absolute Gasteiger partial charge is 0.255 e. The molecule has 2 heterocycles. The van der Waals surface area contributed by atoms with Crippen LogP contribution in [0.1, 0.15) is 15.9 Å². The molecule has 0 unspecified atom stereocenters. The number of pyridine rings is 2. The van der Waals surface area contributed by atoms with Crippen molar-refractivity contribution < 1.29 is 9.53 Å². The van der Waals surface area contributed by atoms with E-state index in [0.717, 1.165) is 5.39 Å². The topological polar surface area (TPSA) is 75.3 Å². The van der Waals surface area contributed by atoms with Crippen LogP contribution in [0.15, 0.2) is 53.6 Å². The van der Waals surface area contributed by atoms with Crippen LogP contribution >= 0.6 is 0 Å². The van der Waals surface area contributed by atoms with Gasteiger partial charge in [0.25, 0.3) is 11.5 Å². The average molecular weight is 323 g/mol. The minimum Gasteiger partial charge on any atom is -0.497 e. The summed E-state index contributed by atoms with van der Waals surface area (Å²) in [7, 11) is 3.24. The Kier molecular flexibility index (Phi) is 4.29. The number of H-pyrrole nitrogens is 1. The molecule has 6 heteroatoms. The Hall–Kier alpha value is -3.15. The van der Waals surface area contributed by atoms with E-state index in [2.05, 4.69) is 9.97 Å². The molecule has 3 aromatic rings. The summed E-state index contributed by atoms with van der Waals surface area (Å²) < 4.78 is 5.16. The monoisotopic (exact) mass is 323 g/mol. The number of nitrogens with zero attached hydrogens (tertiary/aromatic N) is 2. The molecule has 0 aliphatic heterocycles. The molecule has 1 aromatic carbocycles. The number of hydrogen-bond donors (Lipinski definition) is 1. The lowest BCUT2D eigenvalue weighted by atomic mass is 10.1. The number of carbonyl (C=O) groups is 1. The first-order valence-corrected chi connectivity index (χ1v) is 7.44. The molecule has 0 atom stereocenters. The highest BCUT2D eigenvalue weighted by molar-refractivity contribution is 5.93. The normalized spacial score (nSPS) is 10.6. The number of fused-ring (bicyclic) bond motifs is 1. The van der Waals surface area contributed by atoms with Crippen molar-refractivity contribution in [2.45, 2.75) is 6.54 Å². The van der Waals surface area contributed by atoms with Crippen LogP contribution in [-0.2, 0) is 6.54 Å². The van der Waals surface area contributed by atoms with Crippen LogP contribution in [0.25, 0.3) is 10.9 Å². The van der Waals surface area contributed by atoms with Gasteiger partial charge in [-0.05, 0) is 35.7 Å². The highest BCUT2D eigenvalue weighted by Crippen LogP contribution is 2.19. The molecule has 0 spiro atoms. The molecular weight excluding hydrogens is 306 g/mol. The Morgan fingerprint density at radius 1 is 1.29 bits per heavy atom. The molecule has 1 N–H and O–H groups in total. The van der Waals surface area contributed by atoms with Crippen LogP contribution in [0.5, 0.6) is 5.75 Å². The van der Waals surface area contributed by atoms with Gasteiger partial charge in [-0.3, -0.25) is 14.6 Å². The second-order valence-corrected chi connectivity index (χ2v) is 5.48. The van der Waals surface area contributed by atoms with Crippen LogP contribution in [0, 0.1) is 0 Å². The van der Waals surface area contributed by atoms with Crippen LogP contribution in [-0.4, -0.2) is 34.9 Å². The lowest BCUT2D eigenvalue weighted by Crippen LogP contribution is -2.29. The summed E-state index contributed by atoms with van der Waals surface area (Å²) >= 11 is 0. The van der Waals surface area contributed by atoms with Crippen LogP contribution < -0.4 is 10.3 Å². The third-order valence-corrected chi connectivity index (χ3v) is 3.79. The van der Waals surface area contributed by atoms with E-state index in [-0.39, 0.29) is 18.0 Å². The van der Waals surface area contributed by atoms with Gasteiger partial charge >= 0.3 is 0 Å². The predicted octanol–water partition coefficient (Wildman–Crippen LogP) is 2.20. The van der Waals surface area contributed by atoms with Gasteiger partial charge in [0.1, 0.15) is 5.75 Å². The maximum Gasteiger partial charge on any atom is 0.255 e. The maximum atomic E-state index is 12.4. The van der Waals surface area contributed by atoms with Crippen molar-refractivity contribution in [2.24, 2.45) is 0 Å². The van der Waals surface area contributed by atoms with Crippen molar-refractivity contribution in [3.63, 3.8) is 0 Å². The molecule has 0 aliphatic carbocycles. The van der Waals surface area contributed by atoms with Gasteiger partial charge in [-0.2, -0.15) is 0 Å². The van der Waals surface area contributed by atoms with Gasteiger partial charge in [0, 0.05) is 31.1 Å². The van der Waals surface area contributed by atoms with Gasteiger partial charge in [0.2, 0.25) is 0 Å². The van der Waals surface area contributed by atoms with E-state index >= 15 is 0 Å². The molecule has 0 aliphatic rings. The van der Waals surface area contributed by atoms with Gasteiger partial charge in [0.05, 0.1) is 24.7 Å². The van der Waals surface area contributed by atoms with Crippen molar-refractivity contribution in [1.82, 2.24) is 14.9 Å². The fourth-order valence-corrected chi connectivity index (χ4v) is 2.51. The van der Waals surface area contributed by atoms with Gasteiger partial charge in [-0.15, -0.1) is 0 Å². The third-order valence-electron chi connectivity index (χ3n) is 3.79. The number of nitrogens with one attached hydrogen (secondary N) is 1. The van der Waals surface area contributed by atoms with E-state index in [1.165, 1.54) is 11.1 Å². The predicted molar refractivity (Wildman–Crippen MR) is 91.2 cm³/mol. The van der Waals surface area contributed by atoms with Gasteiger partial charge < -0.3 is 14.6 Å². The summed E-state index contributed by atoms with van der Waals surface area (Å²) in [5.74, 6) is 0.493. The summed E-state index contributed by atoms with van der Waals surface area (Å²) in [5.41, 5.74) is 1.49. The quantitative estimate of drug-likeness (QED) is 0.799. The van der Waals surface area contributed by atoms with E-state index < -0.39 is 0 Å². The first-order valence-electron chi connectivity index (χ1n) is 7.44. The van der Waals surface area contributed by atoms with Crippen LogP contribution in [0.4, 0.5) is 0 Å². The molecule has 0 radical (unpaired) electrons. The second-order valence-electron chi connectivity index (χ2n) is 5.48. The molecule has 3 rings (SSSR count). The number of carbonyl (C=O) groups excluding carboxylic acids is 1. The molecule has 0 saturated carbocycles. The highest BCUT2D eigenvalue weighted by atomic mass is 16.5. The molecule has 122 valence electrons. The minimum atomic E-state index is -0.221. The lowest BCUT2D eigenvalue weighted by molar-refractivity contribution is 0.0784. The number of hydrogen-bond acceptors (Lipinski definition) is 4. The summed E-state index contributed by atoms with van der Waals surface area (Å²) in [6, 6.07) is 10.7. The van der Waals surface area contributed by atoms with Gasteiger partial charge in [0.15, 0.2) is 0 Å². The number of benzene rings is 1. The molecular formula is C18H17N3O3. The van der Waals surface area contributed by atoms with E-state index in [4.69, 9.17) is 4.74 Å². The Morgan fingerprint density at radius 3 is 2.83 bits per heavy atom. The molecule has 0 fully saturated rings. The summed E-state index contributed by atoms with van der Waals surface area (Å²) in [6.45, 7) is 0.213. The zero-order valence-corrected chi connectivity index (χ0v) is 13.4. The zero-order valence-electron chi connectivity index (χ0n) is 13.4. The van der Waals surface area contributed by atoms with Crippen LogP contribution in [0.2, 0.25) is 0 Å². The Morgan fingerprint density at radius 2 is 2.12 bits per heavy atom. The molecule has 6 nitrogen and oxygen atoms in total. The van der Waals surface area contributed by atoms with E-state index in [1.807, 2.05) is 12.1 Å². The number of ether oxygens (including phenoxy) is 1. The third kappa shape index (κ3) is 3.12. The van der Waals surface area contributed by atoms with Crippen LogP contribution in [0.3, 0.4) is 0 Å². The first-order chi connectivity index (χ1) is 11.6. The first kappa shape index (κ1) is 15.7. The maximum absolute atomic E-state index is 12.4. The number of methoxy groups -OCH3 is 1.